The number of guanidine groups is 1. The molecule has 0 aliphatic carbocycles. The third kappa shape index (κ3) is 13.8. The molecule has 14 heteroatoms. The highest BCUT2D eigenvalue weighted by Crippen LogP contribution is 2.10. The molecule has 12 N–H and O–H groups in total. The van der Waals surface area contributed by atoms with E-state index in [-0.39, 0.29) is 36.7 Å². The first-order valence-corrected chi connectivity index (χ1v) is 13.3. The Balaban J connectivity index is 5.74. The lowest BCUT2D eigenvalue weighted by Crippen LogP contribution is -2.60. The van der Waals surface area contributed by atoms with Crippen molar-refractivity contribution in [1.82, 2.24) is 21.3 Å². The molecule has 1 unspecified atom stereocenters. The molecule has 0 heterocycles. The van der Waals surface area contributed by atoms with Crippen molar-refractivity contribution in [2.45, 2.75) is 97.9 Å². The standard InChI is InChI=1S/C25H49N9O5/c1-12(2)11-17(22(37)31-15(7)20(27)35)33-24(39)19(14(5)6)34-21(36)16(9-8-10-30-25(28)29)32-23(38)18(26)13(3)4/h12-19H,8-11,26H2,1-7H3,(H2,27,35)(H,31,37)(H,32,38)(H,33,39)(H,34,36)(H4,28,29,30)/t15-,16+,17?,18-,19-/m0/s1. The normalized spacial score (nSPS) is 15.1. The predicted octanol–water partition coefficient (Wildman–Crippen LogP) is -1.83. The molecular formula is C25H49N9O5. The zero-order valence-electron chi connectivity index (χ0n) is 24.2. The summed E-state index contributed by atoms with van der Waals surface area (Å²) in [7, 11) is 0. The van der Waals surface area contributed by atoms with Crippen molar-refractivity contribution in [3.05, 3.63) is 0 Å². The van der Waals surface area contributed by atoms with Crippen LogP contribution < -0.4 is 44.2 Å². The summed E-state index contributed by atoms with van der Waals surface area (Å²) < 4.78 is 0. The van der Waals surface area contributed by atoms with Gasteiger partial charge in [-0.25, -0.2) is 0 Å². The Labute approximate surface area is 231 Å². The van der Waals surface area contributed by atoms with E-state index in [9.17, 15) is 24.0 Å². The Morgan fingerprint density at radius 3 is 1.69 bits per heavy atom. The summed E-state index contributed by atoms with van der Waals surface area (Å²) in [6.45, 7) is 12.5. The molecule has 0 aromatic heterocycles. The monoisotopic (exact) mass is 555 g/mol. The average Bonchev–Trinajstić information content (AvgIpc) is 2.81. The number of nitrogens with two attached hydrogens (primary N) is 4. The number of aliphatic imine (C=N–C) groups is 1. The third-order valence-corrected chi connectivity index (χ3v) is 5.97. The largest absolute Gasteiger partial charge is 0.370 e. The summed E-state index contributed by atoms with van der Waals surface area (Å²) in [4.78, 5) is 67.2. The van der Waals surface area contributed by atoms with Gasteiger partial charge in [-0.15, -0.1) is 0 Å². The van der Waals surface area contributed by atoms with Crippen LogP contribution in [0.1, 0.15) is 67.7 Å². The van der Waals surface area contributed by atoms with Gasteiger partial charge in [-0.2, -0.15) is 0 Å². The second-order valence-electron chi connectivity index (χ2n) is 10.8. The highest BCUT2D eigenvalue weighted by atomic mass is 16.2. The summed E-state index contributed by atoms with van der Waals surface area (Å²) in [6, 6.07) is -4.75. The Bertz CT molecular complexity index is 872. The van der Waals surface area contributed by atoms with E-state index in [1.807, 2.05) is 13.8 Å². The van der Waals surface area contributed by atoms with E-state index in [1.165, 1.54) is 6.92 Å². The van der Waals surface area contributed by atoms with Gasteiger partial charge in [0.05, 0.1) is 6.04 Å². The first kappa shape index (κ1) is 35.6. The van der Waals surface area contributed by atoms with E-state index >= 15 is 0 Å². The summed E-state index contributed by atoms with van der Waals surface area (Å²) in [5.74, 6) is -3.55. The molecule has 0 aromatic carbocycles. The SMILES string of the molecule is CC(C)CC(NC(=O)[C@@H](NC(=O)[C@@H](CCCN=C(N)N)NC(=O)[C@@H](N)C(C)C)C(C)C)C(=O)N[C@@H](C)C(N)=O. The minimum atomic E-state index is -1.02. The van der Waals surface area contributed by atoms with E-state index in [0.717, 1.165) is 0 Å². The zero-order chi connectivity index (χ0) is 30.4. The summed E-state index contributed by atoms with van der Waals surface area (Å²) in [6.07, 6.45) is 0.855. The molecule has 5 amide bonds. The van der Waals surface area contributed by atoms with E-state index < -0.39 is 59.7 Å². The lowest BCUT2D eigenvalue weighted by atomic mass is 9.99. The van der Waals surface area contributed by atoms with Gasteiger partial charge in [0.2, 0.25) is 29.5 Å². The molecule has 0 saturated carbocycles. The minimum absolute atomic E-state index is 0.0343. The second kappa shape index (κ2) is 17.2. The van der Waals surface area contributed by atoms with Gasteiger partial charge in [0.25, 0.3) is 0 Å². The van der Waals surface area contributed by atoms with Crippen LogP contribution in [0.15, 0.2) is 4.99 Å². The van der Waals surface area contributed by atoms with Crippen LogP contribution in [0.5, 0.6) is 0 Å². The Morgan fingerprint density at radius 1 is 0.692 bits per heavy atom. The van der Waals surface area contributed by atoms with Crippen LogP contribution in [0.2, 0.25) is 0 Å². The summed E-state index contributed by atoms with van der Waals surface area (Å²) in [5.41, 5.74) is 21.9. The number of carbonyl (C=O) groups excluding carboxylic acids is 5. The fourth-order valence-corrected chi connectivity index (χ4v) is 3.48. The highest BCUT2D eigenvalue weighted by molar-refractivity contribution is 5.95. The molecular weight excluding hydrogens is 506 g/mol. The Kier molecular flexibility index (Phi) is 15.7. The fourth-order valence-electron chi connectivity index (χ4n) is 3.48. The van der Waals surface area contributed by atoms with E-state index in [0.29, 0.717) is 12.8 Å². The van der Waals surface area contributed by atoms with Gasteiger partial charge >= 0.3 is 0 Å². The van der Waals surface area contributed by atoms with Gasteiger partial charge in [0, 0.05) is 6.54 Å². The Morgan fingerprint density at radius 2 is 1.23 bits per heavy atom. The van der Waals surface area contributed by atoms with Crippen molar-refractivity contribution in [1.29, 1.82) is 0 Å². The maximum absolute atomic E-state index is 13.3. The molecule has 14 nitrogen and oxygen atoms in total. The maximum atomic E-state index is 13.3. The van der Waals surface area contributed by atoms with E-state index in [1.54, 1.807) is 27.7 Å². The molecule has 0 radical (unpaired) electrons. The van der Waals surface area contributed by atoms with Crippen LogP contribution in [-0.2, 0) is 24.0 Å². The maximum Gasteiger partial charge on any atom is 0.243 e. The van der Waals surface area contributed by atoms with Crippen LogP contribution in [0, 0.1) is 17.8 Å². The number of amides is 5. The molecule has 0 aliphatic heterocycles. The van der Waals surface area contributed by atoms with Crippen molar-refractivity contribution in [3.8, 4) is 0 Å². The molecule has 224 valence electrons. The van der Waals surface area contributed by atoms with Crippen LogP contribution in [0.4, 0.5) is 0 Å². The van der Waals surface area contributed by atoms with E-state index in [2.05, 4.69) is 26.3 Å². The lowest BCUT2D eigenvalue weighted by Gasteiger charge is -2.28. The van der Waals surface area contributed by atoms with Gasteiger partial charge in [-0.05, 0) is 43.9 Å². The molecule has 0 spiro atoms. The summed E-state index contributed by atoms with van der Waals surface area (Å²) in [5, 5.41) is 10.5. The second-order valence-corrected chi connectivity index (χ2v) is 10.8. The number of hydrogen-bond donors (Lipinski definition) is 8. The molecule has 0 aliphatic rings. The first-order chi connectivity index (χ1) is 18.0. The minimum Gasteiger partial charge on any atom is -0.370 e. The van der Waals surface area contributed by atoms with Gasteiger partial charge in [-0.1, -0.05) is 41.5 Å². The van der Waals surface area contributed by atoms with Gasteiger partial charge in [0.1, 0.15) is 24.2 Å². The fraction of sp³-hybridized carbons (Fsp3) is 0.760. The molecule has 0 bridgehead atoms. The van der Waals surface area contributed by atoms with Gasteiger partial charge < -0.3 is 44.2 Å². The third-order valence-electron chi connectivity index (χ3n) is 5.97. The van der Waals surface area contributed by atoms with Crippen LogP contribution in [-0.4, -0.2) is 72.2 Å². The van der Waals surface area contributed by atoms with Crippen LogP contribution in [0.3, 0.4) is 0 Å². The van der Waals surface area contributed by atoms with Gasteiger partial charge in [0.15, 0.2) is 5.96 Å². The zero-order valence-corrected chi connectivity index (χ0v) is 24.2. The van der Waals surface area contributed by atoms with Crippen molar-refractivity contribution < 1.29 is 24.0 Å². The van der Waals surface area contributed by atoms with Crippen molar-refractivity contribution in [2.24, 2.45) is 45.7 Å². The molecule has 0 saturated heterocycles. The first-order valence-electron chi connectivity index (χ1n) is 13.3. The number of primary amides is 1. The quantitative estimate of drug-likeness (QED) is 0.0574. The predicted molar refractivity (Wildman–Crippen MR) is 150 cm³/mol. The lowest BCUT2D eigenvalue weighted by molar-refractivity contribution is -0.135. The van der Waals surface area contributed by atoms with Crippen LogP contribution >= 0.6 is 0 Å². The highest BCUT2D eigenvalue weighted by Gasteiger charge is 2.32. The number of rotatable bonds is 17. The molecule has 39 heavy (non-hydrogen) atoms. The molecule has 5 atom stereocenters. The van der Waals surface area contributed by atoms with Crippen molar-refractivity contribution in [2.75, 3.05) is 6.54 Å². The summed E-state index contributed by atoms with van der Waals surface area (Å²) >= 11 is 0. The number of hydrogen-bond acceptors (Lipinski definition) is 7. The molecule has 0 fully saturated rings. The Hall–Kier alpha value is -3.42. The van der Waals surface area contributed by atoms with E-state index in [4.69, 9.17) is 22.9 Å². The smallest absolute Gasteiger partial charge is 0.243 e. The van der Waals surface area contributed by atoms with Crippen molar-refractivity contribution in [3.63, 3.8) is 0 Å². The number of nitrogens with one attached hydrogen (secondary N) is 4. The number of nitrogens with zero attached hydrogens (tertiary/aromatic N) is 1. The average molecular weight is 556 g/mol. The number of carbonyl (C=O) groups is 5. The topological polar surface area (TPSA) is 250 Å². The van der Waals surface area contributed by atoms with Crippen LogP contribution in [0.25, 0.3) is 0 Å². The van der Waals surface area contributed by atoms with Gasteiger partial charge in [-0.3, -0.25) is 29.0 Å². The molecule has 0 rings (SSSR count). The van der Waals surface area contributed by atoms with Crippen molar-refractivity contribution >= 4 is 35.5 Å². The molecule has 0 aromatic rings.